The predicted molar refractivity (Wildman–Crippen MR) is 130 cm³/mol. The number of nitrogens with one attached hydrogen (secondary N) is 2. The van der Waals surface area contributed by atoms with Gasteiger partial charge in [0.2, 0.25) is 0 Å². The first-order valence-electron chi connectivity index (χ1n) is 11.6. The largest absolute Gasteiger partial charge is 0.405 e. The lowest BCUT2D eigenvalue weighted by Crippen LogP contribution is -2.40. The number of carbonyl (C=O) groups is 1. The molecule has 1 saturated heterocycles. The first-order valence-corrected chi connectivity index (χ1v) is 12.4. The number of anilines is 1. The number of hydrogen-bond acceptors (Lipinski definition) is 6. The van der Waals surface area contributed by atoms with Crippen molar-refractivity contribution >= 4 is 34.7 Å². The summed E-state index contributed by atoms with van der Waals surface area (Å²) >= 11 is 0.820. The Balaban J connectivity index is 1.77. The van der Waals surface area contributed by atoms with Gasteiger partial charge in [-0.25, -0.2) is 8.78 Å². The summed E-state index contributed by atoms with van der Waals surface area (Å²) in [5.41, 5.74) is 0.553. The standard InChI is InChI=1S/C24H26F5N5O2S/c1-2-34-21(36)19(37-22(34)18(13-30)20(35)32-15-24(27,28)29)14-31-17-5-3-4-16(12-17)6-9-33-10-7-23(25,26)8-11-33/h3-5,12,14,31H,2,6-11,15H2,1H3,(H,32,35)/b19-14+,22-18-. The van der Waals surface area contributed by atoms with Gasteiger partial charge in [0, 0.05) is 50.9 Å². The summed E-state index contributed by atoms with van der Waals surface area (Å²) in [5, 5.41) is 14.1. The predicted octanol–water partition coefficient (Wildman–Crippen LogP) is 2.41. The quantitative estimate of drug-likeness (QED) is 0.500. The van der Waals surface area contributed by atoms with Crippen LogP contribution >= 0.6 is 11.3 Å². The van der Waals surface area contributed by atoms with Crippen LogP contribution in [-0.2, 0) is 17.8 Å². The van der Waals surface area contributed by atoms with Crippen LogP contribution < -0.4 is 25.4 Å². The molecule has 2 heterocycles. The lowest BCUT2D eigenvalue weighted by Gasteiger charge is -2.31. The summed E-state index contributed by atoms with van der Waals surface area (Å²) in [6.45, 7) is 1.46. The molecule has 1 aliphatic rings. The number of hydrogen-bond donors (Lipinski definition) is 2. The summed E-state index contributed by atoms with van der Waals surface area (Å²) in [5.74, 6) is -3.81. The Bertz CT molecular complexity index is 1330. The molecule has 1 aliphatic heterocycles. The molecule has 2 aromatic rings. The molecule has 0 radical (unpaired) electrons. The maximum absolute atomic E-state index is 13.3. The highest BCUT2D eigenvalue weighted by Crippen LogP contribution is 2.27. The Hall–Kier alpha value is -3.24. The van der Waals surface area contributed by atoms with Gasteiger partial charge in [-0.1, -0.05) is 12.1 Å². The van der Waals surface area contributed by atoms with Crippen LogP contribution in [0.15, 0.2) is 29.1 Å². The van der Waals surface area contributed by atoms with E-state index in [0.29, 0.717) is 31.7 Å². The fourth-order valence-electron chi connectivity index (χ4n) is 3.81. The third-order valence-electron chi connectivity index (χ3n) is 5.83. The van der Waals surface area contributed by atoms with Gasteiger partial charge in [-0.2, -0.15) is 18.4 Å². The van der Waals surface area contributed by atoms with Crippen molar-refractivity contribution < 1.29 is 26.7 Å². The summed E-state index contributed by atoms with van der Waals surface area (Å²) in [4.78, 5) is 27.0. The van der Waals surface area contributed by atoms with Crippen molar-refractivity contribution in [1.82, 2.24) is 14.8 Å². The third kappa shape index (κ3) is 7.87. The van der Waals surface area contributed by atoms with Crippen LogP contribution in [0.2, 0.25) is 0 Å². The Labute approximate surface area is 213 Å². The normalized spacial score (nSPS) is 17.3. The number of thiazole rings is 1. The Morgan fingerprint density at radius 1 is 1.27 bits per heavy atom. The fourth-order valence-corrected chi connectivity index (χ4v) is 4.90. The lowest BCUT2D eigenvalue weighted by atomic mass is 10.1. The highest BCUT2D eigenvalue weighted by molar-refractivity contribution is 7.07. The van der Waals surface area contributed by atoms with Crippen molar-refractivity contribution in [3.05, 3.63) is 49.4 Å². The number of carbonyl (C=O) groups excluding carboxylic acids is 1. The van der Waals surface area contributed by atoms with E-state index in [0.717, 1.165) is 21.5 Å². The van der Waals surface area contributed by atoms with Crippen LogP contribution in [-0.4, -0.2) is 53.7 Å². The number of halogens is 5. The molecule has 0 unspecified atom stereocenters. The van der Waals surface area contributed by atoms with E-state index in [9.17, 15) is 36.8 Å². The van der Waals surface area contributed by atoms with Crippen molar-refractivity contribution in [1.29, 1.82) is 5.26 Å². The number of likely N-dealkylation sites (tertiary alicyclic amines) is 1. The van der Waals surface area contributed by atoms with E-state index in [-0.39, 0.29) is 28.6 Å². The van der Waals surface area contributed by atoms with Crippen molar-refractivity contribution in [3.8, 4) is 6.07 Å². The number of aromatic nitrogens is 1. The molecule has 1 amide bonds. The monoisotopic (exact) mass is 543 g/mol. The molecule has 0 atom stereocenters. The van der Waals surface area contributed by atoms with Crippen LogP contribution in [0.5, 0.6) is 0 Å². The Morgan fingerprint density at radius 2 is 1.97 bits per heavy atom. The van der Waals surface area contributed by atoms with E-state index in [1.807, 2.05) is 23.1 Å². The molecule has 1 aromatic carbocycles. The van der Waals surface area contributed by atoms with Gasteiger partial charge in [0.1, 0.15) is 21.8 Å². The topological polar surface area (TPSA) is 90.2 Å². The zero-order valence-corrected chi connectivity index (χ0v) is 20.8. The second-order valence-corrected chi connectivity index (χ2v) is 9.57. The second-order valence-electron chi connectivity index (χ2n) is 8.54. The van der Waals surface area contributed by atoms with E-state index in [4.69, 9.17) is 0 Å². The average Bonchev–Trinajstić information content (AvgIpc) is 3.16. The van der Waals surface area contributed by atoms with Crippen LogP contribution in [0.25, 0.3) is 11.8 Å². The molecular formula is C24H26F5N5O2S. The smallest absolute Gasteiger partial charge is 0.360 e. The molecule has 0 aliphatic carbocycles. The Morgan fingerprint density at radius 3 is 2.59 bits per heavy atom. The number of rotatable bonds is 8. The molecule has 2 N–H and O–H groups in total. The van der Waals surface area contributed by atoms with Gasteiger partial charge in [0.15, 0.2) is 5.57 Å². The van der Waals surface area contributed by atoms with E-state index in [2.05, 4.69) is 5.32 Å². The molecule has 200 valence electrons. The minimum atomic E-state index is -4.64. The molecule has 0 spiro atoms. The van der Waals surface area contributed by atoms with Crippen LogP contribution in [0.3, 0.4) is 0 Å². The molecule has 13 heteroatoms. The number of benzene rings is 1. The maximum Gasteiger partial charge on any atom is 0.405 e. The van der Waals surface area contributed by atoms with Crippen LogP contribution in [0.4, 0.5) is 27.6 Å². The van der Waals surface area contributed by atoms with E-state index in [1.165, 1.54) is 6.20 Å². The highest BCUT2D eigenvalue weighted by atomic mass is 32.1. The van der Waals surface area contributed by atoms with Gasteiger partial charge < -0.3 is 15.5 Å². The third-order valence-corrected chi connectivity index (χ3v) is 6.96. The van der Waals surface area contributed by atoms with Gasteiger partial charge in [-0.3, -0.25) is 14.2 Å². The van der Waals surface area contributed by atoms with E-state index >= 15 is 0 Å². The van der Waals surface area contributed by atoms with Gasteiger partial charge in [0.25, 0.3) is 17.4 Å². The zero-order chi connectivity index (χ0) is 27.2. The number of amides is 1. The van der Waals surface area contributed by atoms with Crippen molar-refractivity contribution in [2.75, 3.05) is 31.5 Å². The van der Waals surface area contributed by atoms with Crippen LogP contribution in [0, 0.1) is 11.3 Å². The zero-order valence-electron chi connectivity index (χ0n) is 20.0. The molecular weight excluding hydrogens is 517 g/mol. The first-order chi connectivity index (χ1) is 17.4. The molecule has 3 rings (SSSR count). The van der Waals surface area contributed by atoms with E-state index in [1.54, 1.807) is 24.4 Å². The molecule has 1 fully saturated rings. The number of piperidine rings is 1. The van der Waals surface area contributed by atoms with Gasteiger partial charge in [0.05, 0.1) is 0 Å². The first kappa shape index (κ1) is 28.3. The number of nitrogens with zero attached hydrogens (tertiary/aromatic N) is 3. The van der Waals surface area contributed by atoms with Gasteiger partial charge in [-0.05, 0) is 31.0 Å². The minimum absolute atomic E-state index is 0.0383. The SMILES string of the molecule is CCn1c(=O)/c(=C\Nc2cccc(CCN3CCC(F)(F)CC3)c2)s/c1=C(/C#N)C(=O)NCC(F)(F)F. The minimum Gasteiger partial charge on any atom is -0.360 e. The molecule has 7 nitrogen and oxygen atoms in total. The van der Waals surface area contributed by atoms with Crippen molar-refractivity contribution in [2.24, 2.45) is 0 Å². The molecule has 37 heavy (non-hydrogen) atoms. The Kier molecular flexibility index (Phi) is 9.09. The average molecular weight is 544 g/mol. The number of alkyl halides is 5. The summed E-state index contributed by atoms with van der Waals surface area (Å²) in [7, 11) is 0. The van der Waals surface area contributed by atoms with Gasteiger partial charge >= 0.3 is 6.18 Å². The summed E-state index contributed by atoms with van der Waals surface area (Å²) < 4.78 is 65.3. The summed E-state index contributed by atoms with van der Waals surface area (Å²) in [6.07, 6.45) is -2.86. The number of nitriles is 1. The van der Waals surface area contributed by atoms with Crippen molar-refractivity contribution in [2.45, 2.75) is 44.8 Å². The van der Waals surface area contributed by atoms with Crippen molar-refractivity contribution in [3.63, 3.8) is 0 Å². The second kappa shape index (κ2) is 11.9. The maximum atomic E-state index is 13.3. The lowest BCUT2D eigenvalue weighted by molar-refractivity contribution is -0.135. The molecule has 0 saturated carbocycles. The fraction of sp³-hybridized carbons (Fsp3) is 0.458. The molecule has 1 aromatic heterocycles. The highest BCUT2D eigenvalue weighted by Gasteiger charge is 2.33. The summed E-state index contributed by atoms with van der Waals surface area (Å²) in [6, 6.07) is 8.95. The molecule has 0 bridgehead atoms. The van der Waals surface area contributed by atoms with E-state index < -0.39 is 35.7 Å². The van der Waals surface area contributed by atoms with Crippen LogP contribution in [0.1, 0.15) is 25.3 Å². The van der Waals surface area contributed by atoms with Gasteiger partial charge in [-0.15, -0.1) is 11.3 Å².